The molecule has 3 N–H and O–H groups in total. The van der Waals surface area contributed by atoms with Gasteiger partial charge in [0.2, 0.25) is 5.91 Å². The van der Waals surface area contributed by atoms with E-state index >= 15 is 0 Å². The molecule has 0 aliphatic carbocycles. The van der Waals surface area contributed by atoms with Gasteiger partial charge in [0, 0.05) is 5.56 Å². The zero-order valence-electron chi connectivity index (χ0n) is 9.53. The Bertz CT molecular complexity index is 368. The smallest absolute Gasteiger partial charge is 0.237 e. The standard InChI is InChI=1S/C12H17FN2O/c1-3-11(14)12(16)15-8(2)9-6-4-5-7-10(9)13/h4-8,11H,3,14H2,1-2H3,(H,15,16). The Morgan fingerprint density at radius 3 is 2.69 bits per heavy atom. The largest absolute Gasteiger partial charge is 0.348 e. The Hall–Kier alpha value is -1.42. The van der Waals surface area contributed by atoms with Crippen molar-refractivity contribution < 1.29 is 9.18 Å². The molecule has 0 bridgehead atoms. The molecule has 0 saturated heterocycles. The molecule has 2 atom stereocenters. The molecule has 1 amide bonds. The number of hydrogen-bond donors (Lipinski definition) is 2. The second-order valence-electron chi connectivity index (χ2n) is 3.77. The van der Waals surface area contributed by atoms with Crippen LogP contribution in [0.15, 0.2) is 24.3 Å². The quantitative estimate of drug-likeness (QED) is 0.818. The fraction of sp³-hybridized carbons (Fsp3) is 0.417. The van der Waals surface area contributed by atoms with Crippen molar-refractivity contribution in [2.75, 3.05) is 0 Å². The minimum atomic E-state index is -0.533. The van der Waals surface area contributed by atoms with Gasteiger partial charge >= 0.3 is 0 Å². The summed E-state index contributed by atoms with van der Waals surface area (Å²) in [6, 6.07) is 5.47. The van der Waals surface area contributed by atoms with E-state index < -0.39 is 6.04 Å². The third-order valence-electron chi connectivity index (χ3n) is 2.51. The van der Waals surface area contributed by atoms with Gasteiger partial charge in [-0.15, -0.1) is 0 Å². The van der Waals surface area contributed by atoms with Crippen molar-refractivity contribution >= 4 is 5.91 Å². The summed E-state index contributed by atoms with van der Waals surface area (Å²) < 4.78 is 13.4. The molecule has 1 rings (SSSR count). The van der Waals surface area contributed by atoms with E-state index in [9.17, 15) is 9.18 Å². The number of halogens is 1. The van der Waals surface area contributed by atoms with Gasteiger partial charge in [-0.2, -0.15) is 0 Å². The maximum Gasteiger partial charge on any atom is 0.237 e. The average molecular weight is 224 g/mol. The number of carbonyl (C=O) groups excluding carboxylic acids is 1. The van der Waals surface area contributed by atoms with Gasteiger partial charge in [0.15, 0.2) is 0 Å². The number of nitrogens with two attached hydrogens (primary N) is 1. The molecule has 88 valence electrons. The highest BCUT2D eigenvalue weighted by molar-refractivity contribution is 5.81. The van der Waals surface area contributed by atoms with Crippen LogP contribution in [-0.4, -0.2) is 11.9 Å². The van der Waals surface area contributed by atoms with Crippen LogP contribution in [0.4, 0.5) is 4.39 Å². The Morgan fingerprint density at radius 2 is 2.12 bits per heavy atom. The summed E-state index contributed by atoms with van der Waals surface area (Å²) in [5.74, 6) is -0.571. The third kappa shape index (κ3) is 3.03. The number of nitrogens with one attached hydrogen (secondary N) is 1. The van der Waals surface area contributed by atoms with Crippen LogP contribution in [-0.2, 0) is 4.79 Å². The van der Waals surface area contributed by atoms with Crippen molar-refractivity contribution in [3.8, 4) is 0 Å². The molecule has 0 aliphatic rings. The monoisotopic (exact) mass is 224 g/mol. The first kappa shape index (κ1) is 12.6. The fourth-order valence-corrected chi connectivity index (χ4v) is 1.41. The van der Waals surface area contributed by atoms with E-state index in [2.05, 4.69) is 5.32 Å². The molecule has 4 heteroatoms. The number of carbonyl (C=O) groups is 1. The van der Waals surface area contributed by atoms with Gasteiger partial charge < -0.3 is 11.1 Å². The van der Waals surface area contributed by atoms with Crippen LogP contribution >= 0.6 is 0 Å². The molecule has 3 nitrogen and oxygen atoms in total. The van der Waals surface area contributed by atoms with Gasteiger partial charge in [0.05, 0.1) is 12.1 Å². The van der Waals surface area contributed by atoms with Crippen molar-refractivity contribution in [2.45, 2.75) is 32.4 Å². The van der Waals surface area contributed by atoms with E-state index in [4.69, 9.17) is 5.73 Å². The van der Waals surface area contributed by atoms with Crippen molar-refractivity contribution in [3.05, 3.63) is 35.6 Å². The van der Waals surface area contributed by atoms with Crippen LogP contribution in [0.2, 0.25) is 0 Å². The highest BCUT2D eigenvalue weighted by Gasteiger charge is 2.16. The predicted molar refractivity (Wildman–Crippen MR) is 61.2 cm³/mol. The summed E-state index contributed by atoms with van der Waals surface area (Å²) >= 11 is 0. The highest BCUT2D eigenvalue weighted by Crippen LogP contribution is 2.15. The zero-order chi connectivity index (χ0) is 12.1. The van der Waals surface area contributed by atoms with E-state index in [1.807, 2.05) is 6.92 Å². The topological polar surface area (TPSA) is 55.1 Å². The van der Waals surface area contributed by atoms with E-state index in [0.717, 1.165) is 0 Å². The first-order valence-corrected chi connectivity index (χ1v) is 5.36. The van der Waals surface area contributed by atoms with Crippen molar-refractivity contribution in [1.82, 2.24) is 5.32 Å². The van der Waals surface area contributed by atoms with Crippen LogP contribution in [0.3, 0.4) is 0 Å². The lowest BCUT2D eigenvalue weighted by molar-refractivity contribution is -0.123. The second kappa shape index (κ2) is 5.61. The average Bonchev–Trinajstić information content (AvgIpc) is 2.28. The molecule has 1 aromatic carbocycles. The summed E-state index contributed by atoms with van der Waals surface area (Å²) in [6.45, 7) is 3.57. The highest BCUT2D eigenvalue weighted by atomic mass is 19.1. The molecule has 0 fully saturated rings. The lowest BCUT2D eigenvalue weighted by Crippen LogP contribution is -2.41. The Labute approximate surface area is 94.8 Å². The Kier molecular flexibility index (Phi) is 4.43. The molecule has 16 heavy (non-hydrogen) atoms. The molecular formula is C12H17FN2O. The van der Waals surface area contributed by atoms with Gasteiger partial charge in [-0.1, -0.05) is 25.1 Å². The fourth-order valence-electron chi connectivity index (χ4n) is 1.41. The minimum Gasteiger partial charge on any atom is -0.348 e. The number of rotatable bonds is 4. The van der Waals surface area contributed by atoms with E-state index in [1.54, 1.807) is 25.1 Å². The van der Waals surface area contributed by atoms with E-state index in [1.165, 1.54) is 6.07 Å². The normalized spacial score (nSPS) is 14.2. The van der Waals surface area contributed by atoms with Crippen LogP contribution < -0.4 is 11.1 Å². The summed E-state index contributed by atoms with van der Waals surface area (Å²) in [7, 11) is 0. The third-order valence-corrected chi connectivity index (χ3v) is 2.51. The summed E-state index contributed by atoms with van der Waals surface area (Å²) in [5, 5.41) is 2.68. The van der Waals surface area contributed by atoms with Gasteiger partial charge in [-0.25, -0.2) is 4.39 Å². The van der Waals surface area contributed by atoms with Gasteiger partial charge in [-0.3, -0.25) is 4.79 Å². The maximum atomic E-state index is 13.4. The van der Waals surface area contributed by atoms with Crippen LogP contribution in [0.1, 0.15) is 31.9 Å². The first-order chi connectivity index (χ1) is 7.56. The van der Waals surface area contributed by atoms with Crippen LogP contribution in [0, 0.1) is 5.82 Å². The lowest BCUT2D eigenvalue weighted by Gasteiger charge is -2.17. The summed E-state index contributed by atoms with van der Waals surface area (Å²) in [4.78, 5) is 11.5. The molecule has 1 aromatic rings. The predicted octanol–water partition coefficient (Wildman–Crippen LogP) is 1.74. The van der Waals surface area contributed by atoms with E-state index in [0.29, 0.717) is 12.0 Å². The zero-order valence-corrected chi connectivity index (χ0v) is 9.53. The van der Waals surface area contributed by atoms with Crippen molar-refractivity contribution in [2.24, 2.45) is 5.73 Å². The molecule has 0 saturated carbocycles. The Balaban J connectivity index is 2.69. The molecular weight excluding hydrogens is 207 g/mol. The molecule has 2 unspecified atom stereocenters. The molecule has 0 aromatic heterocycles. The van der Waals surface area contributed by atoms with Crippen molar-refractivity contribution in [3.63, 3.8) is 0 Å². The summed E-state index contributed by atoms with van der Waals surface area (Å²) in [5.41, 5.74) is 6.05. The molecule has 0 aliphatic heterocycles. The molecule has 0 radical (unpaired) electrons. The minimum absolute atomic E-state index is 0.252. The Morgan fingerprint density at radius 1 is 1.50 bits per heavy atom. The number of benzene rings is 1. The van der Waals surface area contributed by atoms with Crippen molar-refractivity contribution in [1.29, 1.82) is 0 Å². The van der Waals surface area contributed by atoms with Crippen LogP contribution in [0.5, 0.6) is 0 Å². The molecule has 0 spiro atoms. The first-order valence-electron chi connectivity index (χ1n) is 5.36. The van der Waals surface area contributed by atoms with Crippen LogP contribution in [0.25, 0.3) is 0 Å². The van der Waals surface area contributed by atoms with E-state index in [-0.39, 0.29) is 17.8 Å². The number of amides is 1. The second-order valence-corrected chi connectivity index (χ2v) is 3.77. The maximum absolute atomic E-state index is 13.4. The lowest BCUT2D eigenvalue weighted by atomic mass is 10.1. The van der Waals surface area contributed by atoms with Gasteiger partial charge in [0.25, 0.3) is 0 Å². The SMILES string of the molecule is CCC(N)C(=O)NC(C)c1ccccc1F. The summed E-state index contributed by atoms with van der Waals surface area (Å²) in [6.07, 6.45) is 0.565. The number of hydrogen-bond acceptors (Lipinski definition) is 2. The molecule has 0 heterocycles. The van der Waals surface area contributed by atoms with Gasteiger partial charge in [0.1, 0.15) is 5.82 Å². The van der Waals surface area contributed by atoms with Gasteiger partial charge in [-0.05, 0) is 19.4 Å².